The minimum Gasteiger partial charge on any atom is -0.361 e. The van der Waals surface area contributed by atoms with E-state index in [0.717, 1.165) is 6.42 Å². The molecular formula is C16H21N. The summed E-state index contributed by atoms with van der Waals surface area (Å²) in [5.74, 6) is 1.19. The van der Waals surface area contributed by atoms with Gasteiger partial charge < -0.3 is 4.98 Å². The van der Waals surface area contributed by atoms with E-state index in [9.17, 15) is 0 Å². The maximum absolute atomic E-state index is 4.06. The zero-order valence-corrected chi connectivity index (χ0v) is 11.0. The Labute approximate surface area is 104 Å². The Morgan fingerprint density at radius 2 is 2.00 bits per heavy atom. The van der Waals surface area contributed by atoms with Crippen molar-refractivity contribution in [1.29, 1.82) is 0 Å². The second-order valence-corrected chi connectivity index (χ2v) is 5.30. The van der Waals surface area contributed by atoms with Gasteiger partial charge in [0.1, 0.15) is 0 Å². The number of H-pyrrole nitrogens is 1. The van der Waals surface area contributed by atoms with Crippen LogP contribution in [0.5, 0.6) is 0 Å². The predicted molar refractivity (Wildman–Crippen MR) is 75.3 cm³/mol. The Morgan fingerprint density at radius 1 is 1.29 bits per heavy atom. The molecule has 1 nitrogen and oxygen atoms in total. The molecule has 1 aromatic carbocycles. The second-order valence-electron chi connectivity index (χ2n) is 5.30. The highest BCUT2D eigenvalue weighted by Gasteiger charge is 2.19. The normalized spacial score (nSPS) is 13.2. The maximum atomic E-state index is 4.06. The smallest absolute Gasteiger partial charge is 0.0456 e. The van der Waals surface area contributed by atoms with Gasteiger partial charge in [-0.15, -0.1) is 6.58 Å². The molecule has 2 rings (SSSR count). The van der Waals surface area contributed by atoms with Crippen LogP contribution in [0.25, 0.3) is 10.9 Å². The minimum absolute atomic E-state index is 0.559. The van der Waals surface area contributed by atoms with Crippen LogP contribution in [0, 0.1) is 5.92 Å². The van der Waals surface area contributed by atoms with Crippen molar-refractivity contribution < 1.29 is 0 Å². The van der Waals surface area contributed by atoms with E-state index in [-0.39, 0.29) is 0 Å². The molecule has 0 aliphatic carbocycles. The van der Waals surface area contributed by atoms with Gasteiger partial charge in [-0.1, -0.05) is 37.6 Å². The summed E-state index contributed by atoms with van der Waals surface area (Å²) in [6, 6.07) is 8.52. The lowest BCUT2D eigenvalue weighted by Crippen LogP contribution is -2.06. The summed E-state index contributed by atoms with van der Waals surface area (Å²) in [4.78, 5) is 3.37. The fourth-order valence-corrected chi connectivity index (χ4v) is 2.48. The molecule has 17 heavy (non-hydrogen) atoms. The summed E-state index contributed by atoms with van der Waals surface area (Å²) in [6.45, 7) is 10.7. The topological polar surface area (TPSA) is 15.8 Å². The van der Waals surface area contributed by atoms with Crippen molar-refractivity contribution in [2.24, 2.45) is 5.92 Å². The Balaban J connectivity index is 2.45. The lowest BCUT2D eigenvalue weighted by Gasteiger charge is -2.20. The van der Waals surface area contributed by atoms with E-state index in [1.165, 1.54) is 22.0 Å². The first-order valence-electron chi connectivity index (χ1n) is 6.30. The number of rotatable bonds is 4. The Hall–Kier alpha value is -1.50. The summed E-state index contributed by atoms with van der Waals surface area (Å²) < 4.78 is 0. The lowest BCUT2D eigenvalue weighted by molar-refractivity contribution is 0.497. The van der Waals surface area contributed by atoms with Gasteiger partial charge >= 0.3 is 0 Å². The van der Waals surface area contributed by atoms with E-state index >= 15 is 0 Å². The number of fused-ring (bicyclic) bond motifs is 1. The third-order valence-corrected chi connectivity index (χ3v) is 3.39. The third kappa shape index (κ3) is 2.44. The first-order valence-corrected chi connectivity index (χ1v) is 6.30. The Bertz CT molecular complexity index is 519. The predicted octanol–water partition coefficient (Wildman–Crippen LogP) is 4.87. The molecule has 90 valence electrons. The first kappa shape index (κ1) is 12.0. The van der Waals surface area contributed by atoms with Gasteiger partial charge in [-0.3, -0.25) is 0 Å². The van der Waals surface area contributed by atoms with Crippen LogP contribution in [0.15, 0.2) is 42.6 Å². The molecule has 0 fully saturated rings. The molecule has 0 saturated carbocycles. The number of nitrogens with one attached hydrogen (secondary N) is 1. The van der Waals surface area contributed by atoms with Crippen LogP contribution in [0.4, 0.5) is 0 Å². The van der Waals surface area contributed by atoms with Gasteiger partial charge in [0, 0.05) is 17.1 Å². The number of aromatic amines is 1. The highest BCUT2D eigenvalue weighted by Crippen LogP contribution is 2.34. The molecule has 1 heterocycles. The number of aromatic nitrogens is 1. The van der Waals surface area contributed by atoms with Gasteiger partial charge in [-0.05, 0) is 36.8 Å². The van der Waals surface area contributed by atoms with Crippen molar-refractivity contribution >= 4 is 10.9 Å². The van der Waals surface area contributed by atoms with E-state index in [4.69, 9.17) is 0 Å². The Kier molecular flexibility index (Phi) is 3.37. The molecule has 0 aliphatic heterocycles. The van der Waals surface area contributed by atoms with E-state index in [2.05, 4.69) is 62.8 Å². The summed E-state index contributed by atoms with van der Waals surface area (Å²) in [5.41, 5.74) is 3.92. The van der Waals surface area contributed by atoms with Crippen molar-refractivity contribution in [2.45, 2.75) is 33.1 Å². The van der Waals surface area contributed by atoms with Gasteiger partial charge in [0.15, 0.2) is 0 Å². The summed E-state index contributed by atoms with van der Waals surface area (Å²) >= 11 is 0. The van der Waals surface area contributed by atoms with Gasteiger partial charge in [0.2, 0.25) is 0 Å². The zero-order chi connectivity index (χ0) is 12.4. The van der Waals surface area contributed by atoms with Crippen LogP contribution in [0.3, 0.4) is 0 Å². The largest absolute Gasteiger partial charge is 0.361 e. The van der Waals surface area contributed by atoms with Crippen LogP contribution >= 0.6 is 0 Å². The maximum Gasteiger partial charge on any atom is 0.0456 e. The van der Waals surface area contributed by atoms with Crippen LogP contribution < -0.4 is 0 Å². The van der Waals surface area contributed by atoms with Crippen LogP contribution in [0.2, 0.25) is 0 Å². The molecule has 0 spiro atoms. The molecule has 1 N–H and O–H groups in total. The molecule has 0 radical (unpaired) electrons. The van der Waals surface area contributed by atoms with Crippen molar-refractivity contribution in [3.63, 3.8) is 0 Å². The summed E-state index contributed by atoms with van der Waals surface area (Å²) in [6.07, 6.45) is 3.23. The molecule has 1 atom stereocenters. The van der Waals surface area contributed by atoms with Crippen molar-refractivity contribution in [3.8, 4) is 0 Å². The van der Waals surface area contributed by atoms with Gasteiger partial charge in [0.05, 0.1) is 0 Å². The van der Waals surface area contributed by atoms with E-state index < -0.39 is 0 Å². The molecule has 0 aliphatic rings. The first-order chi connectivity index (χ1) is 8.09. The van der Waals surface area contributed by atoms with Crippen LogP contribution in [0.1, 0.15) is 38.7 Å². The highest BCUT2D eigenvalue weighted by molar-refractivity contribution is 5.83. The Morgan fingerprint density at radius 3 is 2.65 bits per heavy atom. The molecule has 2 aromatic rings. The van der Waals surface area contributed by atoms with Crippen LogP contribution in [-0.2, 0) is 0 Å². The average molecular weight is 227 g/mol. The molecule has 1 heteroatoms. The fraction of sp³-hybridized carbons (Fsp3) is 0.375. The lowest BCUT2D eigenvalue weighted by atomic mass is 9.84. The number of hydrogen-bond acceptors (Lipinski definition) is 0. The average Bonchev–Trinajstić information content (AvgIpc) is 2.69. The molecule has 0 saturated heterocycles. The van der Waals surface area contributed by atoms with E-state index in [1.54, 1.807) is 0 Å². The monoisotopic (exact) mass is 227 g/mol. The van der Waals surface area contributed by atoms with E-state index in [0.29, 0.717) is 11.8 Å². The minimum atomic E-state index is 0.559. The summed E-state index contributed by atoms with van der Waals surface area (Å²) in [7, 11) is 0. The number of para-hydroxylation sites is 1. The number of hydrogen-bond donors (Lipinski definition) is 1. The zero-order valence-electron chi connectivity index (χ0n) is 11.0. The standard InChI is InChI=1S/C16H21N/c1-11(2)9-14(12(3)4)15-10-17-16-8-6-5-7-13(15)16/h5-8,10,12,14,17H,1,9H2,2-4H3. The second kappa shape index (κ2) is 4.79. The van der Waals surface area contributed by atoms with Gasteiger partial charge in [-0.25, -0.2) is 0 Å². The van der Waals surface area contributed by atoms with Crippen molar-refractivity contribution in [2.75, 3.05) is 0 Å². The third-order valence-electron chi connectivity index (χ3n) is 3.39. The number of benzene rings is 1. The van der Waals surface area contributed by atoms with E-state index in [1.807, 2.05) is 0 Å². The molecule has 0 bridgehead atoms. The molecule has 1 aromatic heterocycles. The van der Waals surface area contributed by atoms with Crippen molar-refractivity contribution in [3.05, 3.63) is 48.2 Å². The molecule has 1 unspecified atom stereocenters. The summed E-state index contributed by atoms with van der Waals surface area (Å²) in [5, 5.41) is 1.35. The van der Waals surface area contributed by atoms with Crippen molar-refractivity contribution in [1.82, 2.24) is 4.98 Å². The highest BCUT2D eigenvalue weighted by atomic mass is 14.7. The quantitative estimate of drug-likeness (QED) is 0.717. The van der Waals surface area contributed by atoms with Gasteiger partial charge in [0.25, 0.3) is 0 Å². The molecular weight excluding hydrogens is 206 g/mol. The SMILES string of the molecule is C=C(C)CC(c1c[nH]c2ccccc12)C(C)C. The van der Waals surface area contributed by atoms with Crippen LogP contribution in [-0.4, -0.2) is 4.98 Å². The molecule has 0 amide bonds. The fourth-order valence-electron chi connectivity index (χ4n) is 2.48. The number of allylic oxidation sites excluding steroid dienone is 1. The van der Waals surface area contributed by atoms with Gasteiger partial charge in [-0.2, -0.15) is 0 Å².